The monoisotopic (exact) mass is 312 g/mol. The van der Waals surface area contributed by atoms with Crippen LogP contribution in [0.4, 0.5) is 10.5 Å². The molecule has 4 nitrogen and oxygen atoms in total. The number of nitrogens with zero attached hydrogens (tertiary/aromatic N) is 2. The van der Waals surface area contributed by atoms with Crippen LogP contribution in [0.3, 0.4) is 0 Å². The van der Waals surface area contributed by atoms with E-state index in [1.165, 1.54) is 18.4 Å². The van der Waals surface area contributed by atoms with Crippen molar-refractivity contribution in [3.8, 4) is 0 Å². The maximum atomic E-state index is 11.4. The first-order chi connectivity index (χ1) is 8.61. The summed E-state index contributed by atoms with van der Waals surface area (Å²) in [7, 11) is 1.42. The van der Waals surface area contributed by atoms with Gasteiger partial charge in [-0.3, -0.25) is 0 Å². The summed E-state index contributed by atoms with van der Waals surface area (Å²) < 4.78 is 5.83. The molecule has 0 spiro atoms. The SMILES string of the molecule is COC(=O)N1CCN(c2ccc(Br)cc2C)CC1. The number of piperazine rings is 1. The second-order valence-electron chi connectivity index (χ2n) is 4.37. The van der Waals surface area contributed by atoms with Crippen LogP contribution in [-0.2, 0) is 4.74 Å². The van der Waals surface area contributed by atoms with Crippen molar-refractivity contribution >= 4 is 27.7 Å². The van der Waals surface area contributed by atoms with Crippen LogP contribution in [-0.4, -0.2) is 44.3 Å². The van der Waals surface area contributed by atoms with Crippen LogP contribution in [0, 0.1) is 6.92 Å². The Labute approximate surface area is 116 Å². The Morgan fingerprint density at radius 1 is 1.28 bits per heavy atom. The fraction of sp³-hybridized carbons (Fsp3) is 0.462. The van der Waals surface area contributed by atoms with Crippen molar-refractivity contribution in [2.75, 3.05) is 38.2 Å². The summed E-state index contributed by atoms with van der Waals surface area (Å²) in [6, 6.07) is 6.28. The van der Waals surface area contributed by atoms with Gasteiger partial charge >= 0.3 is 6.09 Å². The molecule has 1 saturated heterocycles. The number of benzene rings is 1. The van der Waals surface area contributed by atoms with Crippen LogP contribution < -0.4 is 4.90 Å². The van der Waals surface area contributed by atoms with E-state index in [2.05, 4.69) is 46.0 Å². The highest BCUT2D eigenvalue weighted by molar-refractivity contribution is 9.10. The van der Waals surface area contributed by atoms with E-state index < -0.39 is 0 Å². The summed E-state index contributed by atoms with van der Waals surface area (Å²) >= 11 is 3.47. The number of carbonyl (C=O) groups excluding carboxylic acids is 1. The Morgan fingerprint density at radius 3 is 2.50 bits per heavy atom. The lowest BCUT2D eigenvalue weighted by Crippen LogP contribution is -2.48. The summed E-state index contributed by atoms with van der Waals surface area (Å²) in [5, 5.41) is 0. The summed E-state index contributed by atoms with van der Waals surface area (Å²) in [5.41, 5.74) is 2.48. The smallest absolute Gasteiger partial charge is 0.409 e. The first-order valence-corrected chi connectivity index (χ1v) is 6.75. The number of hydrogen-bond donors (Lipinski definition) is 0. The molecule has 0 atom stereocenters. The second kappa shape index (κ2) is 5.61. The third-order valence-electron chi connectivity index (χ3n) is 3.21. The van der Waals surface area contributed by atoms with E-state index in [1.807, 2.05) is 0 Å². The van der Waals surface area contributed by atoms with Crippen LogP contribution in [0.25, 0.3) is 0 Å². The van der Waals surface area contributed by atoms with E-state index in [0.29, 0.717) is 13.1 Å². The van der Waals surface area contributed by atoms with Gasteiger partial charge in [-0.2, -0.15) is 0 Å². The molecular weight excluding hydrogens is 296 g/mol. The molecule has 1 fully saturated rings. The van der Waals surface area contributed by atoms with Crippen molar-refractivity contribution in [2.45, 2.75) is 6.92 Å². The molecule has 1 heterocycles. The molecule has 1 aliphatic heterocycles. The molecule has 1 amide bonds. The van der Waals surface area contributed by atoms with Gasteiger partial charge in [-0.25, -0.2) is 4.79 Å². The summed E-state index contributed by atoms with van der Waals surface area (Å²) in [5.74, 6) is 0. The van der Waals surface area contributed by atoms with Gasteiger partial charge in [-0.15, -0.1) is 0 Å². The first-order valence-electron chi connectivity index (χ1n) is 5.96. The minimum atomic E-state index is -0.234. The highest BCUT2D eigenvalue weighted by Crippen LogP contribution is 2.24. The molecule has 1 aromatic rings. The average molecular weight is 313 g/mol. The predicted octanol–water partition coefficient (Wildman–Crippen LogP) is 2.65. The molecule has 2 rings (SSSR count). The molecule has 0 radical (unpaired) electrons. The molecule has 0 aromatic heterocycles. The lowest BCUT2D eigenvalue weighted by molar-refractivity contribution is 0.121. The third kappa shape index (κ3) is 2.77. The van der Waals surface area contributed by atoms with Gasteiger partial charge in [-0.05, 0) is 30.7 Å². The van der Waals surface area contributed by atoms with E-state index in [1.54, 1.807) is 4.90 Å². The van der Waals surface area contributed by atoms with Crippen molar-refractivity contribution in [2.24, 2.45) is 0 Å². The number of anilines is 1. The lowest BCUT2D eigenvalue weighted by Gasteiger charge is -2.36. The van der Waals surface area contributed by atoms with E-state index in [-0.39, 0.29) is 6.09 Å². The van der Waals surface area contributed by atoms with Gasteiger partial charge in [0.1, 0.15) is 0 Å². The third-order valence-corrected chi connectivity index (χ3v) is 3.71. The summed E-state index contributed by atoms with van der Waals surface area (Å²) in [4.78, 5) is 15.4. The second-order valence-corrected chi connectivity index (χ2v) is 5.29. The minimum Gasteiger partial charge on any atom is -0.453 e. The fourth-order valence-electron chi connectivity index (χ4n) is 2.23. The van der Waals surface area contributed by atoms with E-state index in [9.17, 15) is 4.79 Å². The minimum absolute atomic E-state index is 0.234. The number of methoxy groups -OCH3 is 1. The van der Waals surface area contributed by atoms with Crippen molar-refractivity contribution in [3.63, 3.8) is 0 Å². The van der Waals surface area contributed by atoms with Crippen LogP contribution in [0.1, 0.15) is 5.56 Å². The molecule has 0 N–H and O–H groups in total. The lowest BCUT2D eigenvalue weighted by atomic mass is 10.1. The first kappa shape index (κ1) is 13.2. The van der Waals surface area contributed by atoms with Gasteiger partial charge in [0.25, 0.3) is 0 Å². The molecular formula is C13H17BrN2O2. The quantitative estimate of drug-likeness (QED) is 0.799. The number of carbonyl (C=O) groups is 1. The normalized spacial score (nSPS) is 15.7. The number of hydrogen-bond acceptors (Lipinski definition) is 3. The zero-order valence-electron chi connectivity index (χ0n) is 10.6. The molecule has 0 bridgehead atoms. The highest BCUT2D eigenvalue weighted by Gasteiger charge is 2.22. The molecule has 0 unspecified atom stereocenters. The van der Waals surface area contributed by atoms with Crippen molar-refractivity contribution in [1.82, 2.24) is 4.90 Å². The maximum absolute atomic E-state index is 11.4. The Kier molecular flexibility index (Phi) is 4.11. The van der Waals surface area contributed by atoms with Gasteiger partial charge in [0.05, 0.1) is 7.11 Å². The summed E-state index contributed by atoms with van der Waals surface area (Å²) in [6.07, 6.45) is -0.234. The highest BCUT2D eigenvalue weighted by atomic mass is 79.9. The molecule has 0 saturated carbocycles. The predicted molar refractivity (Wildman–Crippen MR) is 75.1 cm³/mol. The number of amides is 1. The number of halogens is 1. The van der Waals surface area contributed by atoms with E-state index in [4.69, 9.17) is 4.74 Å². The molecule has 1 aromatic carbocycles. The standard InChI is InChI=1S/C13H17BrN2O2/c1-10-9-11(14)3-4-12(10)15-5-7-16(8-6-15)13(17)18-2/h3-4,9H,5-8H2,1-2H3. The molecule has 98 valence electrons. The zero-order chi connectivity index (χ0) is 13.1. The van der Waals surface area contributed by atoms with E-state index >= 15 is 0 Å². The van der Waals surface area contributed by atoms with Gasteiger partial charge in [0.15, 0.2) is 0 Å². The van der Waals surface area contributed by atoms with E-state index in [0.717, 1.165) is 17.6 Å². The Balaban J connectivity index is 2.03. The van der Waals surface area contributed by atoms with Crippen LogP contribution in [0.5, 0.6) is 0 Å². The Hall–Kier alpha value is -1.23. The topological polar surface area (TPSA) is 32.8 Å². The molecule has 1 aliphatic rings. The molecule has 18 heavy (non-hydrogen) atoms. The van der Waals surface area contributed by atoms with Crippen LogP contribution in [0.15, 0.2) is 22.7 Å². The largest absolute Gasteiger partial charge is 0.453 e. The van der Waals surface area contributed by atoms with Gasteiger partial charge in [-0.1, -0.05) is 15.9 Å². The van der Waals surface area contributed by atoms with Gasteiger partial charge < -0.3 is 14.5 Å². The average Bonchev–Trinajstić information content (AvgIpc) is 2.38. The zero-order valence-corrected chi connectivity index (χ0v) is 12.2. The Bertz CT molecular complexity index is 443. The maximum Gasteiger partial charge on any atom is 0.409 e. The van der Waals surface area contributed by atoms with Crippen molar-refractivity contribution < 1.29 is 9.53 Å². The number of ether oxygens (including phenoxy) is 1. The van der Waals surface area contributed by atoms with Gasteiger partial charge in [0, 0.05) is 36.3 Å². The number of rotatable bonds is 1. The summed E-state index contributed by atoms with van der Waals surface area (Å²) in [6.45, 7) is 5.21. The Morgan fingerprint density at radius 2 is 1.94 bits per heavy atom. The van der Waals surface area contributed by atoms with Gasteiger partial charge in [0.2, 0.25) is 0 Å². The van der Waals surface area contributed by atoms with Crippen LogP contribution in [0.2, 0.25) is 0 Å². The fourth-order valence-corrected chi connectivity index (χ4v) is 2.71. The van der Waals surface area contributed by atoms with Crippen molar-refractivity contribution in [3.05, 3.63) is 28.2 Å². The van der Waals surface area contributed by atoms with Crippen molar-refractivity contribution in [1.29, 1.82) is 0 Å². The molecule has 5 heteroatoms. The number of aryl methyl sites for hydroxylation is 1. The molecule has 0 aliphatic carbocycles. The van der Waals surface area contributed by atoms with Crippen LogP contribution >= 0.6 is 15.9 Å².